The molecule has 0 saturated heterocycles. The van der Waals surface area contributed by atoms with Crippen molar-refractivity contribution in [3.63, 3.8) is 0 Å². The van der Waals surface area contributed by atoms with E-state index in [2.05, 4.69) is 61.1 Å². The van der Waals surface area contributed by atoms with Crippen molar-refractivity contribution in [2.45, 2.75) is 46.1 Å². The molecule has 6 heteroatoms. The number of fused-ring (bicyclic) bond motifs is 1. The van der Waals surface area contributed by atoms with Crippen LogP contribution in [-0.4, -0.2) is 35.3 Å². The molecule has 0 bridgehead atoms. The zero-order valence-corrected chi connectivity index (χ0v) is 17.1. The fraction of sp³-hybridized carbons (Fsp3) is 0.409. The molecule has 2 heterocycles. The molecule has 28 heavy (non-hydrogen) atoms. The number of hydrogen-bond acceptors (Lipinski definition) is 4. The van der Waals surface area contributed by atoms with E-state index in [-0.39, 0.29) is 5.91 Å². The van der Waals surface area contributed by atoms with Gasteiger partial charge in [0.05, 0.1) is 18.4 Å². The van der Waals surface area contributed by atoms with Gasteiger partial charge in [0.25, 0.3) is 0 Å². The van der Waals surface area contributed by atoms with Crippen LogP contribution in [0.15, 0.2) is 36.7 Å². The van der Waals surface area contributed by atoms with Crippen molar-refractivity contribution in [3.05, 3.63) is 58.9 Å². The number of hydrogen-bond donors (Lipinski definition) is 2. The maximum absolute atomic E-state index is 10.9. The minimum absolute atomic E-state index is 0.247. The first-order valence-corrected chi connectivity index (χ1v) is 9.55. The molecule has 3 N–H and O–H groups in total. The molecular weight excluding hydrogens is 352 g/mol. The molecule has 1 aromatic heterocycles. The molecule has 1 aliphatic heterocycles. The lowest BCUT2D eigenvalue weighted by molar-refractivity contribution is -0.119. The van der Waals surface area contributed by atoms with Gasteiger partial charge in [-0.15, -0.1) is 0 Å². The molecule has 1 aromatic carbocycles. The Morgan fingerprint density at radius 1 is 1.36 bits per heavy atom. The molecule has 1 atom stereocenters. The number of carbonyl (C=O) groups is 2. The molecule has 0 aliphatic carbocycles. The number of anilines is 1. The highest BCUT2D eigenvalue weighted by Crippen LogP contribution is 2.28. The average Bonchev–Trinajstić information content (AvgIpc) is 2.62. The number of nitrogens with zero attached hydrogens (tertiary/aromatic N) is 2. The van der Waals surface area contributed by atoms with Crippen LogP contribution in [0.4, 0.5) is 5.69 Å². The topological polar surface area (TPSA) is 88.3 Å². The van der Waals surface area contributed by atoms with Crippen LogP contribution < -0.4 is 11.1 Å². The first-order valence-electron chi connectivity index (χ1n) is 9.55. The molecule has 150 valence electrons. The normalized spacial score (nSPS) is 16.0. The Bertz CT molecular complexity index is 820. The molecule has 0 fully saturated rings. The number of aryl methyl sites for hydroxylation is 1. The van der Waals surface area contributed by atoms with Crippen molar-refractivity contribution < 1.29 is 9.59 Å². The molecular formula is C22H30N4O2. The SMILES string of the molecule is CC(C)c1cncc(NC=O)c1.Cc1ccc2c(c1)CN(CC(N)=O)CC2C. The second-order valence-electron chi connectivity index (χ2n) is 7.66. The van der Waals surface area contributed by atoms with Crippen LogP contribution in [0.2, 0.25) is 0 Å². The zero-order chi connectivity index (χ0) is 20.7. The summed E-state index contributed by atoms with van der Waals surface area (Å²) >= 11 is 0. The summed E-state index contributed by atoms with van der Waals surface area (Å²) in [6.45, 7) is 10.6. The van der Waals surface area contributed by atoms with E-state index in [1.807, 2.05) is 6.07 Å². The highest BCUT2D eigenvalue weighted by atomic mass is 16.1. The maximum Gasteiger partial charge on any atom is 0.231 e. The van der Waals surface area contributed by atoms with Crippen LogP contribution >= 0.6 is 0 Å². The van der Waals surface area contributed by atoms with Crippen molar-refractivity contribution in [2.75, 3.05) is 18.4 Å². The largest absolute Gasteiger partial charge is 0.369 e. The van der Waals surface area contributed by atoms with Crippen LogP contribution in [0.1, 0.15) is 54.9 Å². The van der Waals surface area contributed by atoms with Gasteiger partial charge in [-0.3, -0.25) is 19.5 Å². The second kappa shape index (κ2) is 9.99. The van der Waals surface area contributed by atoms with Gasteiger partial charge < -0.3 is 11.1 Å². The van der Waals surface area contributed by atoms with Crippen LogP contribution in [0, 0.1) is 6.92 Å². The molecule has 3 rings (SSSR count). The molecule has 6 nitrogen and oxygen atoms in total. The summed E-state index contributed by atoms with van der Waals surface area (Å²) in [5.74, 6) is 0.665. The Hall–Kier alpha value is -2.73. The molecule has 1 aliphatic rings. The third-order valence-electron chi connectivity index (χ3n) is 4.79. The first kappa shape index (κ1) is 21.6. The van der Waals surface area contributed by atoms with Crippen molar-refractivity contribution in [1.82, 2.24) is 9.88 Å². The average molecular weight is 383 g/mol. The van der Waals surface area contributed by atoms with E-state index < -0.39 is 0 Å². The van der Waals surface area contributed by atoms with Gasteiger partial charge in [-0.25, -0.2) is 0 Å². The Labute approximate surface area is 167 Å². The lowest BCUT2D eigenvalue weighted by atomic mass is 9.90. The Kier molecular flexibility index (Phi) is 7.70. The number of primary amides is 1. The molecule has 0 radical (unpaired) electrons. The summed E-state index contributed by atoms with van der Waals surface area (Å²) in [6, 6.07) is 8.49. The second-order valence-corrected chi connectivity index (χ2v) is 7.66. The van der Waals surface area contributed by atoms with E-state index >= 15 is 0 Å². The fourth-order valence-electron chi connectivity index (χ4n) is 3.40. The number of rotatable bonds is 5. The van der Waals surface area contributed by atoms with E-state index in [9.17, 15) is 9.59 Å². The van der Waals surface area contributed by atoms with Gasteiger partial charge in [0.2, 0.25) is 12.3 Å². The minimum Gasteiger partial charge on any atom is -0.369 e. The predicted molar refractivity (Wildman–Crippen MR) is 112 cm³/mol. The van der Waals surface area contributed by atoms with E-state index in [1.165, 1.54) is 16.7 Å². The van der Waals surface area contributed by atoms with Crippen LogP contribution in [0.3, 0.4) is 0 Å². The Morgan fingerprint density at radius 3 is 2.75 bits per heavy atom. The Balaban J connectivity index is 0.000000209. The van der Waals surface area contributed by atoms with Crippen LogP contribution in [0.5, 0.6) is 0 Å². The minimum atomic E-state index is -0.247. The van der Waals surface area contributed by atoms with E-state index in [0.29, 0.717) is 24.8 Å². The number of nitrogens with two attached hydrogens (primary N) is 1. The van der Waals surface area contributed by atoms with Gasteiger partial charge in [0.1, 0.15) is 0 Å². The summed E-state index contributed by atoms with van der Waals surface area (Å²) in [5, 5.41) is 2.56. The van der Waals surface area contributed by atoms with Crippen LogP contribution in [0.25, 0.3) is 0 Å². The number of aromatic nitrogens is 1. The number of benzene rings is 1. The molecule has 2 aromatic rings. The van der Waals surface area contributed by atoms with Gasteiger partial charge in [0.15, 0.2) is 0 Å². The van der Waals surface area contributed by atoms with Gasteiger partial charge in [-0.2, -0.15) is 0 Å². The van der Waals surface area contributed by atoms with Crippen molar-refractivity contribution in [1.29, 1.82) is 0 Å². The highest BCUT2D eigenvalue weighted by molar-refractivity contribution is 5.76. The molecule has 2 amide bonds. The van der Waals surface area contributed by atoms with Gasteiger partial charge >= 0.3 is 0 Å². The van der Waals surface area contributed by atoms with E-state index in [0.717, 1.165) is 24.3 Å². The number of nitrogens with one attached hydrogen (secondary N) is 1. The van der Waals surface area contributed by atoms with Gasteiger partial charge in [-0.1, -0.05) is 44.5 Å². The van der Waals surface area contributed by atoms with Crippen molar-refractivity contribution >= 4 is 18.0 Å². The lowest BCUT2D eigenvalue weighted by Gasteiger charge is -2.32. The van der Waals surface area contributed by atoms with E-state index in [1.54, 1.807) is 12.4 Å². The van der Waals surface area contributed by atoms with Gasteiger partial charge in [-0.05, 0) is 41.5 Å². The number of amides is 2. The molecule has 0 saturated carbocycles. The van der Waals surface area contributed by atoms with Crippen molar-refractivity contribution in [3.8, 4) is 0 Å². The van der Waals surface area contributed by atoms with E-state index in [4.69, 9.17) is 5.73 Å². The summed E-state index contributed by atoms with van der Waals surface area (Å²) in [4.78, 5) is 27.2. The summed E-state index contributed by atoms with van der Waals surface area (Å²) < 4.78 is 0. The highest BCUT2D eigenvalue weighted by Gasteiger charge is 2.22. The monoisotopic (exact) mass is 382 g/mol. The predicted octanol–water partition coefficient (Wildman–Crippen LogP) is 3.17. The van der Waals surface area contributed by atoms with Crippen LogP contribution in [-0.2, 0) is 16.1 Å². The quantitative estimate of drug-likeness (QED) is 0.778. The third-order valence-corrected chi connectivity index (χ3v) is 4.79. The maximum atomic E-state index is 10.9. The number of carbonyl (C=O) groups excluding carboxylic acids is 2. The number of pyridine rings is 1. The summed E-state index contributed by atoms with van der Waals surface area (Å²) in [5.41, 5.74) is 11.1. The Morgan fingerprint density at radius 2 is 2.11 bits per heavy atom. The fourth-order valence-corrected chi connectivity index (χ4v) is 3.40. The smallest absolute Gasteiger partial charge is 0.231 e. The zero-order valence-electron chi connectivity index (χ0n) is 17.1. The molecule has 0 spiro atoms. The standard InChI is InChI=1S/C13H18N2O.C9H12N2O/c1-9-3-4-12-10(2)6-15(8-13(14)16)7-11(12)5-9;1-7(2)8-3-9(11-6-12)5-10-4-8/h3-5,10H,6-8H2,1-2H3,(H2,14,16);3-7H,1-2H3,(H,11,12). The van der Waals surface area contributed by atoms with Gasteiger partial charge in [0, 0.05) is 19.3 Å². The summed E-state index contributed by atoms with van der Waals surface area (Å²) in [6.07, 6.45) is 4.09. The third kappa shape index (κ3) is 6.16. The first-order chi connectivity index (χ1) is 13.3. The summed E-state index contributed by atoms with van der Waals surface area (Å²) in [7, 11) is 0. The molecule has 1 unspecified atom stereocenters. The van der Waals surface area contributed by atoms with Crippen molar-refractivity contribution in [2.24, 2.45) is 5.73 Å². The lowest BCUT2D eigenvalue weighted by Crippen LogP contribution is -2.38.